The number of fused-ring (bicyclic) bond motifs is 5. The van der Waals surface area contributed by atoms with Crippen molar-refractivity contribution in [2.24, 2.45) is 35.4 Å². The van der Waals surface area contributed by atoms with E-state index >= 15 is 0 Å². The molecule has 0 aromatic heterocycles. The molecular weight excluding hydrogens is 208 g/mol. The Kier molecular flexibility index (Phi) is 2.38. The highest BCUT2D eigenvalue weighted by atomic mass is 15.2. The van der Waals surface area contributed by atoms with E-state index in [-0.39, 0.29) is 0 Å². The lowest BCUT2D eigenvalue weighted by atomic mass is 9.87. The normalized spacial score (nSPS) is 48.8. The van der Waals surface area contributed by atoms with Crippen LogP contribution >= 0.6 is 0 Å². The Bertz CT molecular complexity index is 333. The van der Waals surface area contributed by atoms with Crippen LogP contribution in [0.1, 0.15) is 44.9 Å². The molecule has 0 radical (unpaired) electrons. The third kappa shape index (κ3) is 1.47. The molecule has 5 unspecified atom stereocenters. The van der Waals surface area contributed by atoms with Gasteiger partial charge >= 0.3 is 0 Å². The van der Waals surface area contributed by atoms with Crippen molar-refractivity contribution in [2.45, 2.75) is 51.0 Å². The zero-order valence-electron chi connectivity index (χ0n) is 10.6. The van der Waals surface area contributed by atoms with Gasteiger partial charge < -0.3 is 0 Å². The predicted octanol–water partition coefficient (Wildman–Crippen LogP) is 2.61. The van der Waals surface area contributed by atoms with E-state index in [0.717, 1.165) is 29.6 Å². The van der Waals surface area contributed by atoms with Crippen molar-refractivity contribution < 1.29 is 0 Å². The second-order valence-electron chi connectivity index (χ2n) is 6.73. The van der Waals surface area contributed by atoms with Crippen molar-refractivity contribution in [1.29, 1.82) is 0 Å². The van der Waals surface area contributed by atoms with Crippen LogP contribution in [0.15, 0.2) is 11.6 Å². The van der Waals surface area contributed by atoms with E-state index in [1.165, 1.54) is 38.5 Å². The van der Waals surface area contributed by atoms with Crippen molar-refractivity contribution in [2.75, 3.05) is 0 Å². The third-order valence-corrected chi connectivity index (χ3v) is 6.08. The Balaban J connectivity index is 1.53. The van der Waals surface area contributed by atoms with Crippen LogP contribution in [0.3, 0.4) is 0 Å². The average molecular weight is 232 g/mol. The first kappa shape index (κ1) is 10.6. The summed E-state index contributed by atoms with van der Waals surface area (Å²) in [7, 11) is 0. The minimum absolute atomic E-state index is 0.522. The van der Waals surface area contributed by atoms with Crippen LogP contribution in [0.4, 0.5) is 0 Å². The number of nitrogens with one attached hydrogen (secondary N) is 1. The molecule has 2 nitrogen and oxygen atoms in total. The molecular formula is C15H24N2. The van der Waals surface area contributed by atoms with Crippen molar-refractivity contribution in [3.05, 3.63) is 11.6 Å². The van der Waals surface area contributed by atoms with E-state index in [1.54, 1.807) is 12.0 Å². The van der Waals surface area contributed by atoms with Crippen LogP contribution in [-0.2, 0) is 0 Å². The standard InChI is InChI=1S/C15H24N2/c16-17-15(9-4-2-1-3-5-9)14-12-10-6-7-11(8-10)13(12)14/h4,10-15,17H,1-3,5-8,16H2. The summed E-state index contributed by atoms with van der Waals surface area (Å²) >= 11 is 0. The summed E-state index contributed by atoms with van der Waals surface area (Å²) < 4.78 is 0. The number of hydrogen-bond donors (Lipinski definition) is 2. The van der Waals surface area contributed by atoms with Crippen LogP contribution in [0, 0.1) is 29.6 Å². The molecule has 0 aromatic rings. The average Bonchev–Trinajstić information content (AvgIpc) is 2.81. The van der Waals surface area contributed by atoms with Crippen LogP contribution in [0.2, 0.25) is 0 Å². The van der Waals surface area contributed by atoms with Crippen molar-refractivity contribution in [3.63, 3.8) is 0 Å². The molecule has 0 saturated heterocycles. The van der Waals surface area contributed by atoms with Crippen molar-refractivity contribution >= 4 is 0 Å². The van der Waals surface area contributed by atoms with E-state index in [2.05, 4.69) is 11.5 Å². The Hall–Kier alpha value is -0.340. The molecule has 5 atom stereocenters. The summed E-state index contributed by atoms with van der Waals surface area (Å²) in [5, 5.41) is 0. The zero-order chi connectivity index (χ0) is 11.4. The molecule has 4 aliphatic rings. The topological polar surface area (TPSA) is 38.0 Å². The highest BCUT2D eigenvalue weighted by Gasteiger charge is 2.66. The van der Waals surface area contributed by atoms with Gasteiger partial charge in [0.1, 0.15) is 0 Å². The lowest BCUT2D eigenvalue weighted by Crippen LogP contribution is -2.40. The monoisotopic (exact) mass is 232 g/mol. The number of allylic oxidation sites excluding steroid dienone is 1. The molecule has 0 aliphatic heterocycles. The van der Waals surface area contributed by atoms with Gasteiger partial charge in [-0.2, -0.15) is 0 Å². The summed E-state index contributed by atoms with van der Waals surface area (Å²) in [5.41, 5.74) is 4.80. The van der Waals surface area contributed by atoms with E-state index < -0.39 is 0 Å². The lowest BCUT2D eigenvalue weighted by Gasteiger charge is -2.25. The van der Waals surface area contributed by atoms with Crippen LogP contribution in [0.25, 0.3) is 0 Å². The first-order chi connectivity index (χ1) is 8.40. The fourth-order valence-electron chi connectivity index (χ4n) is 5.45. The fraction of sp³-hybridized carbons (Fsp3) is 0.867. The van der Waals surface area contributed by atoms with E-state index in [9.17, 15) is 0 Å². The highest BCUT2D eigenvalue weighted by molar-refractivity contribution is 5.24. The Morgan fingerprint density at radius 1 is 1.18 bits per heavy atom. The SMILES string of the molecule is NNC(C1=CCCCC1)C1C2C3CCC(C3)C21. The molecule has 94 valence electrons. The van der Waals surface area contributed by atoms with Gasteiger partial charge in [-0.1, -0.05) is 11.6 Å². The Morgan fingerprint density at radius 3 is 2.53 bits per heavy atom. The molecule has 0 spiro atoms. The van der Waals surface area contributed by atoms with E-state index in [0.29, 0.717) is 6.04 Å². The van der Waals surface area contributed by atoms with Crippen LogP contribution in [0.5, 0.6) is 0 Å². The quantitative estimate of drug-likeness (QED) is 0.446. The van der Waals surface area contributed by atoms with Gasteiger partial charge in [0.25, 0.3) is 0 Å². The van der Waals surface area contributed by atoms with Gasteiger partial charge in [-0.15, -0.1) is 0 Å². The summed E-state index contributed by atoms with van der Waals surface area (Å²) in [6, 6.07) is 0.522. The van der Waals surface area contributed by atoms with Gasteiger partial charge in [-0.3, -0.25) is 11.3 Å². The lowest BCUT2D eigenvalue weighted by molar-refractivity contribution is 0.386. The summed E-state index contributed by atoms with van der Waals surface area (Å²) in [4.78, 5) is 0. The first-order valence-corrected chi connectivity index (χ1v) is 7.55. The Labute approximate surface area is 104 Å². The molecule has 2 heteroatoms. The number of nitrogens with two attached hydrogens (primary N) is 1. The van der Waals surface area contributed by atoms with Gasteiger partial charge in [0, 0.05) is 6.04 Å². The minimum Gasteiger partial charge on any atom is -0.271 e. The minimum atomic E-state index is 0.522. The predicted molar refractivity (Wildman–Crippen MR) is 69.0 cm³/mol. The third-order valence-electron chi connectivity index (χ3n) is 6.08. The van der Waals surface area contributed by atoms with Crippen LogP contribution < -0.4 is 11.3 Å². The summed E-state index contributed by atoms with van der Waals surface area (Å²) in [6.45, 7) is 0. The smallest absolute Gasteiger partial charge is 0.0453 e. The largest absolute Gasteiger partial charge is 0.271 e. The molecule has 4 aliphatic carbocycles. The molecule has 4 rings (SSSR count). The maximum Gasteiger partial charge on any atom is 0.0453 e. The van der Waals surface area contributed by atoms with Gasteiger partial charge in [0.2, 0.25) is 0 Å². The second kappa shape index (κ2) is 3.83. The van der Waals surface area contributed by atoms with Gasteiger partial charge in [0.05, 0.1) is 0 Å². The zero-order valence-corrected chi connectivity index (χ0v) is 10.6. The number of hydrazine groups is 1. The van der Waals surface area contributed by atoms with Crippen LogP contribution in [-0.4, -0.2) is 6.04 Å². The molecule has 17 heavy (non-hydrogen) atoms. The van der Waals surface area contributed by atoms with E-state index in [4.69, 9.17) is 5.84 Å². The van der Waals surface area contributed by atoms with Gasteiger partial charge in [0.15, 0.2) is 0 Å². The molecule has 3 N–H and O–H groups in total. The molecule has 3 saturated carbocycles. The maximum absolute atomic E-state index is 5.87. The molecule has 3 fully saturated rings. The van der Waals surface area contributed by atoms with Gasteiger partial charge in [-0.25, -0.2) is 0 Å². The fourth-order valence-corrected chi connectivity index (χ4v) is 5.45. The molecule has 0 amide bonds. The summed E-state index contributed by atoms with van der Waals surface area (Å²) in [5.74, 6) is 11.0. The summed E-state index contributed by atoms with van der Waals surface area (Å²) in [6.07, 6.45) is 12.4. The Morgan fingerprint density at radius 2 is 1.94 bits per heavy atom. The second-order valence-corrected chi connectivity index (χ2v) is 6.73. The number of rotatable bonds is 3. The van der Waals surface area contributed by atoms with Crippen molar-refractivity contribution in [3.8, 4) is 0 Å². The van der Waals surface area contributed by atoms with E-state index in [1.807, 2.05) is 0 Å². The van der Waals surface area contributed by atoms with Crippen molar-refractivity contribution in [1.82, 2.24) is 5.43 Å². The molecule has 0 aromatic carbocycles. The molecule has 0 heterocycles. The first-order valence-electron chi connectivity index (χ1n) is 7.55. The van der Waals surface area contributed by atoms with Gasteiger partial charge in [-0.05, 0) is 74.5 Å². The maximum atomic E-state index is 5.87. The highest BCUT2D eigenvalue weighted by Crippen LogP contribution is 2.70. The molecule has 2 bridgehead atoms. The number of hydrogen-bond acceptors (Lipinski definition) is 2.